The van der Waals surface area contributed by atoms with E-state index >= 15 is 0 Å². The number of fused-ring (bicyclic) bond motifs is 1. The van der Waals surface area contributed by atoms with Crippen LogP contribution in [0.2, 0.25) is 0 Å². The number of rotatable bonds is 10. The molecule has 0 radical (unpaired) electrons. The van der Waals surface area contributed by atoms with Gasteiger partial charge < -0.3 is 14.4 Å². The highest BCUT2D eigenvalue weighted by molar-refractivity contribution is 7.89. The molecule has 192 valence electrons. The number of amides is 1. The van der Waals surface area contributed by atoms with Crippen molar-refractivity contribution in [1.82, 2.24) is 9.21 Å². The summed E-state index contributed by atoms with van der Waals surface area (Å²) in [6, 6.07) is 14.1. The van der Waals surface area contributed by atoms with Crippen LogP contribution in [-0.2, 0) is 27.9 Å². The topological polar surface area (TPSA) is 76.2 Å². The van der Waals surface area contributed by atoms with Crippen LogP contribution in [0.15, 0.2) is 58.8 Å². The molecule has 0 bridgehead atoms. The Hall–Kier alpha value is -2.88. The number of benzene rings is 2. The summed E-state index contributed by atoms with van der Waals surface area (Å²) in [6.07, 6.45) is 0.588. The molecule has 2 aromatic carbocycles. The Labute approximate surface area is 217 Å². The zero-order valence-electron chi connectivity index (χ0n) is 21.1. The monoisotopic (exact) mass is 528 g/mol. The molecule has 1 unspecified atom stereocenters. The molecule has 1 amide bonds. The summed E-state index contributed by atoms with van der Waals surface area (Å²) in [5.41, 5.74) is 2.97. The predicted molar refractivity (Wildman–Crippen MR) is 141 cm³/mol. The fourth-order valence-electron chi connectivity index (χ4n) is 3.99. The van der Waals surface area contributed by atoms with Gasteiger partial charge >= 0.3 is 0 Å². The molecule has 4 rings (SSSR count). The van der Waals surface area contributed by atoms with E-state index in [1.807, 2.05) is 57.3 Å². The molecule has 0 spiro atoms. The number of thiophene rings is 1. The molecular formula is C27H32N2O5S2. The van der Waals surface area contributed by atoms with E-state index in [2.05, 4.69) is 0 Å². The molecule has 0 fully saturated rings. The van der Waals surface area contributed by atoms with Crippen molar-refractivity contribution in [3.05, 3.63) is 75.5 Å². The number of aryl methyl sites for hydroxylation is 2. The van der Waals surface area contributed by atoms with Gasteiger partial charge in [-0.05, 0) is 74.0 Å². The maximum absolute atomic E-state index is 13.8. The Balaban J connectivity index is 1.62. The Morgan fingerprint density at radius 2 is 1.75 bits per heavy atom. The predicted octanol–water partition coefficient (Wildman–Crippen LogP) is 5.11. The number of carbonyl (C=O) groups excluding carboxylic acids is 1. The van der Waals surface area contributed by atoms with Crippen LogP contribution in [0.25, 0.3) is 0 Å². The first-order valence-corrected chi connectivity index (χ1v) is 14.3. The smallest absolute Gasteiger partial charge is 0.243 e. The van der Waals surface area contributed by atoms with Crippen molar-refractivity contribution in [2.75, 3.05) is 13.3 Å². The van der Waals surface area contributed by atoms with E-state index in [9.17, 15) is 13.2 Å². The van der Waals surface area contributed by atoms with Gasteiger partial charge in [0.25, 0.3) is 0 Å². The van der Waals surface area contributed by atoms with Crippen LogP contribution in [0.1, 0.15) is 41.8 Å². The number of carbonyl (C=O) groups is 1. The van der Waals surface area contributed by atoms with Crippen molar-refractivity contribution in [3.8, 4) is 11.5 Å². The van der Waals surface area contributed by atoms with Crippen molar-refractivity contribution in [2.24, 2.45) is 0 Å². The molecule has 1 aliphatic heterocycles. The molecule has 7 nitrogen and oxygen atoms in total. The van der Waals surface area contributed by atoms with Gasteiger partial charge in [-0.1, -0.05) is 30.7 Å². The molecule has 0 saturated carbocycles. The second-order valence-corrected chi connectivity index (χ2v) is 12.0. The van der Waals surface area contributed by atoms with Crippen molar-refractivity contribution < 1.29 is 22.7 Å². The number of sulfonamides is 1. The Kier molecular flexibility index (Phi) is 8.02. The molecule has 0 N–H and O–H groups in total. The maximum atomic E-state index is 13.8. The summed E-state index contributed by atoms with van der Waals surface area (Å²) >= 11 is 1.59. The Morgan fingerprint density at radius 1 is 1.03 bits per heavy atom. The Morgan fingerprint density at radius 3 is 2.42 bits per heavy atom. The highest BCUT2D eigenvalue weighted by atomic mass is 32.2. The third-order valence-electron chi connectivity index (χ3n) is 6.47. The summed E-state index contributed by atoms with van der Waals surface area (Å²) in [5, 5.41) is 2.00. The lowest BCUT2D eigenvalue weighted by molar-refractivity contribution is -0.133. The van der Waals surface area contributed by atoms with Crippen LogP contribution in [0.5, 0.6) is 11.5 Å². The highest BCUT2D eigenvalue weighted by Crippen LogP contribution is 2.33. The third kappa shape index (κ3) is 5.74. The Bertz CT molecular complexity index is 1320. The zero-order valence-corrected chi connectivity index (χ0v) is 22.7. The minimum atomic E-state index is -3.86. The molecule has 0 aliphatic carbocycles. The lowest BCUT2D eigenvalue weighted by Crippen LogP contribution is -2.46. The van der Waals surface area contributed by atoms with Gasteiger partial charge in [0.2, 0.25) is 22.7 Å². The van der Waals surface area contributed by atoms with Gasteiger partial charge in [0.05, 0.1) is 18.0 Å². The molecular weight excluding hydrogens is 496 g/mol. The van der Waals surface area contributed by atoms with E-state index in [1.54, 1.807) is 40.5 Å². The van der Waals surface area contributed by atoms with Gasteiger partial charge in [-0.3, -0.25) is 4.79 Å². The minimum absolute atomic E-state index is 0.177. The molecule has 2 heterocycles. The summed E-state index contributed by atoms with van der Waals surface area (Å²) in [6.45, 7) is 8.35. The molecule has 3 aromatic rings. The van der Waals surface area contributed by atoms with Crippen molar-refractivity contribution in [1.29, 1.82) is 0 Å². The summed E-state index contributed by atoms with van der Waals surface area (Å²) in [7, 11) is -3.86. The van der Waals surface area contributed by atoms with Gasteiger partial charge in [0.15, 0.2) is 11.5 Å². The first-order valence-electron chi connectivity index (χ1n) is 12.0. The molecule has 0 saturated heterocycles. The minimum Gasteiger partial charge on any atom is -0.454 e. The van der Waals surface area contributed by atoms with Gasteiger partial charge in [0, 0.05) is 17.5 Å². The zero-order chi connectivity index (χ0) is 25.9. The fraction of sp³-hybridized carbons (Fsp3) is 0.370. The fourth-order valence-corrected chi connectivity index (χ4v) is 6.57. The normalized spacial score (nSPS) is 13.7. The van der Waals surface area contributed by atoms with Gasteiger partial charge in [-0.25, -0.2) is 8.42 Å². The van der Waals surface area contributed by atoms with E-state index in [4.69, 9.17) is 9.47 Å². The lowest BCUT2D eigenvalue weighted by Gasteiger charge is -2.30. The van der Waals surface area contributed by atoms with E-state index in [0.717, 1.165) is 21.6 Å². The molecule has 1 atom stereocenters. The number of hydrogen-bond donors (Lipinski definition) is 0. The summed E-state index contributed by atoms with van der Waals surface area (Å²) < 4.78 is 39.4. The van der Waals surface area contributed by atoms with Crippen molar-refractivity contribution >= 4 is 27.3 Å². The second kappa shape index (κ2) is 11.0. The largest absolute Gasteiger partial charge is 0.454 e. The summed E-state index contributed by atoms with van der Waals surface area (Å²) in [5.74, 6) is 1.07. The van der Waals surface area contributed by atoms with E-state index in [-0.39, 0.29) is 30.2 Å². The standard InChI is InChI=1S/C27H32N2O5S2/c1-5-21(4)29(36(31,32)23-9-6-19(2)7-10-23)17-27(30)28(16-26-20(3)12-13-35-26)15-22-8-11-24-25(14-22)34-18-33-24/h6-14,21H,5,15-18H2,1-4H3. The van der Waals surface area contributed by atoms with Crippen LogP contribution in [-0.4, -0.2) is 42.9 Å². The van der Waals surface area contributed by atoms with E-state index in [1.165, 1.54) is 4.31 Å². The number of hydrogen-bond acceptors (Lipinski definition) is 6. The summed E-state index contributed by atoms with van der Waals surface area (Å²) in [4.78, 5) is 16.7. The SMILES string of the molecule is CCC(C)N(CC(=O)N(Cc1ccc2c(c1)OCO2)Cc1sccc1C)S(=O)(=O)c1ccc(C)cc1. The molecule has 1 aromatic heterocycles. The third-order valence-corrected chi connectivity index (χ3v) is 9.45. The molecule has 9 heteroatoms. The van der Waals surface area contributed by atoms with E-state index in [0.29, 0.717) is 31.0 Å². The van der Waals surface area contributed by atoms with Crippen molar-refractivity contribution in [3.63, 3.8) is 0 Å². The average molecular weight is 529 g/mol. The van der Waals surface area contributed by atoms with Gasteiger partial charge in [-0.15, -0.1) is 11.3 Å². The molecule has 1 aliphatic rings. The highest BCUT2D eigenvalue weighted by Gasteiger charge is 2.32. The van der Waals surface area contributed by atoms with Gasteiger partial charge in [-0.2, -0.15) is 4.31 Å². The van der Waals surface area contributed by atoms with Crippen LogP contribution < -0.4 is 9.47 Å². The van der Waals surface area contributed by atoms with E-state index < -0.39 is 10.0 Å². The van der Waals surface area contributed by atoms with Crippen LogP contribution in [0, 0.1) is 13.8 Å². The first kappa shape index (κ1) is 26.2. The second-order valence-electron chi connectivity index (χ2n) is 9.08. The first-order chi connectivity index (χ1) is 17.2. The van der Waals surface area contributed by atoms with Crippen molar-refractivity contribution in [2.45, 2.75) is 58.1 Å². The maximum Gasteiger partial charge on any atom is 0.243 e. The average Bonchev–Trinajstić information content (AvgIpc) is 3.50. The quantitative estimate of drug-likeness (QED) is 0.365. The van der Waals surface area contributed by atoms with Crippen LogP contribution in [0.4, 0.5) is 0 Å². The molecule has 36 heavy (non-hydrogen) atoms. The number of ether oxygens (including phenoxy) is 2. The number of nitrogens with zero attached hydrogens (tertiary/aromatic N) is 2. The lowest BCUT2D eigenvalue weighted by atomic mass is 10.1. The van der Waals surface area contributed by atoms with Crippen LogP contribution >= 0.6 is 11.3 Å². The van der Waals surface area contributed by atoms with Crippen LogP contribution in [0.3, 0.4) is 0 Å². The van der Waals surface area contributed by atoms with Gasteiger partial charge in [0.1, 0.15) is 0 Å².